The zero-order chi connectivity index (χ0) is 28.0. The second-order valence-corrected chi connectivity index (χ2v) is 10.1. The third kappa shape index (κ3) is 6.82. The Morgan fingerprint density at radius 3 is 2.15 bits per heavy atom. The summed E-state index contributed by atoms with van der Waals surface area (Å²) in [6.45, 7) is -6.52. The number of methoxy groups -OCH3 is 1. The zero-order valence-electron chi connectivity index (χ0n) is 20.4. The van der Waals surface area contributed by atoms with E-state index in [0.29, 0.717) is 23.3 Å². The molecule has 0 aliphatic heterocycles. The Morgan fingerprint density at radius 2 is 1.51 bits per heavy atom. The highest BCUT2D eigenvalue weighted by atomic mass is 32.2. The van der Waals surface area contributed by atoms with Gasteiger partial charge in [-0.2, -0.15) is 17.6 Å². The minimum Gasteiger partial charge on any atom is -0.497 e. The number of pyridine rings is 2. The summed E-state index contributed by atoms with van der Waals surface area (Å²) in [5, 5.41) is -0.204. The standard InChI is InChI=1S/C27H22F4N2O5S/c1-36-20-3-2-4-21(15-20)39(34,35)25-8-6-19(16-33-25)22(13-17-9-11-32-12-10-17)18-5-7-23(37-26(28)29)24(14-18)38-27(30)31/h2-12,14-16,22,26-27H,13H2,1H3. The molecule has 2 aromatic heterocycles. The van der Waals surface area contributed by atoms with Gasteiger partial charge in [0.15, 0.2) is 16.5 Å². The van der Waals surface area contributed by atoms with E-state index in [1.807, 2.05) is 0 Å². The minimum atomic E-state index is -3.97. The predicted molar refractivity (Wildman–Crippen MR) is 132 cm³/mol. The van der Waals surface area contributed by atoms with Crippen LogP contribution in [0.1, 0.15) is 22.6 Å². The smallest absolute Gasteiger partial charge is 0.387 e. The van der Waals surface area contributed by atoms with Gasteiger partial charge in [-0.05, 0) is 71.6 Å². The van der Waals surface area contributed by atoms with E-state index >= 15 is 0 Å². The van der Waals surface area contributed by atoms with Crippen LogP contribution in [0.5, 0.6) is 17.2 Å². The number of ether oxygens (including phenoxy) is 3. The number of hydrogen-bond donors (Lipinski definition) is 0. The van der Waals surface area contributed by atoms with E-state index in [9.17, 15) is 26.0 Å². The van der Waals surface area contributed by atoms with E-state index in [1.165, 1.54) is 43.6 Å². The third-order valence-corrected chi connectivity index (χ3v) is 7.45. The summed E-state index contributed by atoms with van der Waals surface area (Å²) in [4.78, 5) is 8.17. The number of hydrogen-bond acceptors (Lipinski definition) is 7. The van der Waals surface area contributed by atoms with Crippen LogP contribution in [0.15, 0.2) is 95.2 Å². The van der Waals surface area contributed by atoms with Crippen molar-refractivity contribution in [3.8, 4) is 17.2 Å². The van der Waals surface area contributed by atoms with Crippen LogP contribution in [-0.4, -0.2) is 38.7 Å². The molecule has 1 atom stereocenters. The normalized spacial score (nSPS) is 12.4. The van der Waals surface area contributed by atoms with Crippen LogP contribution in [0.25, 0.3) is 0 Å². The topological polar surface area (TPSA) is 87.6 Å². The lowest BCUT2D eigenvalue weighted by molar-refractivity contribution is -0.0692. The number of halogens is 4. The molecule has 0 saturated carbocycles. The summed E-state index contributed by atoms with van der Waals surface area (Å²) >= 11 is 0. The Balaban J connectivity index is 1.74. The molecular formula is C27H22F4N2O5S. The maximum absolute atomic E-state index is 13.1. The molecule has 39 heavy (non-hydrogen) atoms. The van der Waals surface area contributed by atoms with Gasteiger partial charge in [0, 0.05) is 24.5 Å². The fourth-order valence-electron chi connectivity index (χ4n) is 3.95. The first-order valence-corrected chi connectivity index (χ1v) is 12.9. The van der Waals surface area contributed by atoms with Crippen molar-refractivity contribution >= 4 is 9.84 Å². The van der Waals surface area contributed by atoms with Gasteiger partial charge in [0.05, 0.1) is 12.0 Å². The summed E-state index contributed by atoms with van der Waals surface area (Å²) in [7, 11) is -2.54. The second kappa shape index (κ2) is 12.1. The Labute approximate surface area is 221 Å². The van der Waals surface area contributed by atoms with Crippen molar-refractivity contribution in [1.82, 2.24) is 9.97 Å². The molecule has 12 heteroatoms. The molecule has 1 unspecified atom stereocenters. The predicted octanol–water partition coefficient (Wildman–Crippen LogP) is 5.90. The highest BCUT2D eigenvalue weighted by Crippen LogP contribution is 2.37. The maximum atomic E-state index is 13.1. The summed E-state index contributed by atoms with van der Waals surface area (Å²) in [6.07, 6.45) is 4.87. The van der Waals surface area contributed by atoms with Crippen molar-refractivity contribution in [2.24, 2.45) is 0 Å². The Kier molecular flexibility index (Phi) is 8.65. The first-order chi connectivity index (χ1) is 18.7. The fraction of sp³-hybridized carbons (Fsp3) is 0.185. The van der Waals surface area contributed by atoms with Crippen LogP contribution in [0.4, 0.5) is 17.6 Å². The molecule has 0 amide bonds. The van der Waals surface area contributed by atoms with Gasteiger partial charge in [-0.25, -0.2) is 13.4 Å². The largest absolute Gasteiger partial charge is 0.497 e. The van der Waals surface area contributed by atoms with E-state index in [2.05, 4.69) is 19.4 Å². The van der Waals surface area contributed by atoms with Gasteiger partial charge in [-0.15, -0.1) is 0 Å². The quantitative estimate of drug-likeness (QED) is 0.211. The second-order valence-electron chi connectivity index (χ2n) is 8.19. The number of rotatable bonds is 11. The van der Waals surface area contributed by atoms with Crippen LogP contribution in [0.3, 0.4) is 0 Å². The lowest BCUT2D eigenvalue weighted by Gasteiger charge is -2.20. The van der Waals surface area contributed by atoms with Crippen LogP contribution in [0.2, 0.25) is 0 Å². The zero-order valence-corrected chi connectivity index (χ0v) is 21.2. The van der Waals surface area contributed by atoms with Crippen molar-refractivity contribution < 1.29 is 40.2 Å². The van der Waals surface area contributed by atoms with E-state index < -0.39 is 40.5 Å². The highest BCUT2D eigenvalue weighted by Gasteiger charge is 2.24. The molecule has 0 saturated heterocycles. The average molecular weight is 563 g/mol. The lowest BCUT2D eigenvalue weighted by Crippen LogP contribution is -2.11. The van der Waals surface area contributed by atoms with Crippen LogP contribution in [-0.2, 0) is 16.3 Å². The number of sulfone groups is 1. The minimum absolute atomic E-state index is 0.00107. The average Bonchev–Trinajstić information content (AvgIpc) is 2.93. The molecule has 0 fully saturated rings. The van der Waals surface area contributed by atoms with Crippen LogP contribution in [0, 0.1) is 0 Å². The number of alkyl halides is 4. The van der Waals surface area contributed by atoms with E-state index in [4.69, 9.17) is 4.74 Å². The van der Waals surface area contributed by atoms with Crippen molar-refractivity contribution in [2.75, 3.05) is 7.11 Å². The molecule has 7 nitrogen and oxygen atoms in total. The summed E-state index contributed by atoms with van der Waals surface area (Å²) < 4.78 is 91.8. The van der Waals surface area contributed by atoms with Gasteiger partial charge in [0.25, 0.3) is 0 Å². The molecule has 0 aliphatic carbocycles. The monoisotopic (exact) mass is 562 g/mol. The van der Waals surface area contributed by atoms with Crippen molar-refractivity contribution in [1.29, 1.82) is 0 Å². The van der Waals surface area contributed by atoms with Crippen molar-refractivity contribution in [3.63, 3.8) is 0 Å². The van der Waals surface area contributed by atoms with E-state index in [1.54, 1.807) is 42.7 Å². The molecule has 204 valence electrons. The SMILES string of the molecule is COc1cccc(S(=O)(=O)c2ccc(C(Cc3ccncc3)c3ccc(OC(F)F)c(OC(F)F)c3)cn2)c1. The van der Waals surface area contributed by atoms with Crippen molar-refractivity contribution in [2.45, 2.75) is 35.5 Å². The first kappa shape index (κ1) is 27.8. The first-order valence-electron chi connectivity index (χ1n) is 11.4. The number of nitrogens with zero attached hydrogens (tertiary/aromatic N) is 2. The molecule has 0 N–H and O–H groups in total. The van der Waals surface area contributed by atoms with Crippen molar-refractivity contribution in [3.05, 3.63) is 102 Å². The summed E-state index contributed by atoms with van der Waals surface area (Å²) in [6, 6.07) is 16.1. The molecular weight excluding hydrogens is 540 g/mol. The van der Waals surface area contributed by atoms with Gasteiger partial charge < -0.3 is 14.2 Å². The molecule has 4 aromatic rings. The van der Waals surface area contributed by atoms with Gasteiger partial charge in [0.1, 0.15) is 5.75 Å². The highest BCUT2D eigenvalue weighted by molar-refractivity contribution is 7.91. The van der Waals surface area contributed by atoms with Gasteiger partial charge in [-0.1, -0.05) is 18.2 Å². The Morgan fingerprint density at radius 1 is 0.821 bits per heavy atom. The molecule has 0 spiro atoms. The van der Waals surface area contributed by atoms with Gasteiger partial charge in [-0.3, -0.25) is 4.98 Å². The molecule has 4 rings (SSSR count). The Hall–Kier alpha value is -4.19. The fourth-order valence-corrected chi connectivity index (χ4v) is 5.16. The van der Waals surface area contributed by atoms with E-state index in [0.717, 1.165) is 11.6 Å². The van der Waals surface area contributed by atoms with Gasteiger partial charge >= 0.3 is 13.2 Å². The molecule has 2 aromatic carbocycles. The van der Waals surface area contributed by atoms with Gasteiger partial charge in [0.2, 0.25) is 9.84 Å². The summed E-state index contributed by atoms with van der Waals surface area (Å²) in [5.41, 5.74) is 1.79. The van der Waals surface area contributed by atoms with Crippen LogP contribution >= 0.6 is 0 Å². The number of benzene rings is 2. The van der Waals surface area contributed by atoms with Crippen LogP contribution < -0.4 is 14.2 Å². The molecule has 0 radical (unpaired) electrons. The molecule has 0 bridgehead atoms. The third-order valence-electron chi connectivity index (χ3n) is 5.78. The maximum Gasteiger partial charge on any atom is 0.387 e. The lowest BCUT2D eigenvalue weighted by atomic mass is 9.87. The molecule has 0 aliphatic rings. The molecule has 2 heterocycles. The van der Waals surface area contributed by atoms with E-state index in [-0.39, 0.29) is 9.92 Å². The summed E-state index contributed by atoms with van der Waals surface area (Å²) in [5.74, 6) is -1.29. The number of aromatic nitrogens is 2. The Bertz CT molecular complexity index is 1500.